The number of halogens is 4. The van der Waals surface area contributed by atoms with Crippen molar-refractivity contribution in [2.45, 2.75) is 50.7 Å². The topological polar surface area (TPSA) is 83.8 Å². The molecule has 4 heterocycles. The van der Waals surface area contributed by atoms with E-state index >= 15 is 4.39 Å². The molecule has 1 N–H and O–H groups in total. The van der Waals surface area contributed by atoms with E-state index in [0.29, 0.717) is 60.3 Å². The number of benzene rings is 2. The van der Waals surface area contributed by atoms with Crippen LogP contribution in [0.1, 0.15) is 44.7 Å². The van der Waals surface area contributed by atoms with E-state index in [9.17, 15) is 13.2 Å². The third kappa shape index (κ3) is 6.50. The second-order valence-electron chi connectivity index (χ2n) is 12.8. The van der Waals surface area contributed by atoms with Gasteiger partial charge in [-0.2, -0.15) is 4.39 Å². The number of ether oxygens (including phenoxy) is 1. The normalized spacial score (nSPS) is 17.4. The molecule has 2 fully saturated rings. The Morgan fingerprint density at radius 1 is 1.06 bits per heavy atom. The highest BCUT2D eigenvalue weighted by Crippen LogP contribution is 2.43. The Bertz CT molecular complexity index is 1760. The molecule has 2 saturated heterocycles. The summed E-state index contributed by atoms with van der Waals surface area (Å²) in [5.41, 5.74) is 1.83. The summed E-state index contributed by atoms with van der Waals surface area (Å²) >= 11 is 0. The quantitative estimate of drug-likeness (QED) is 0.189. The lowest BCUT2D eigenvalue weighted by Crippen LogP contribution is -2.52. The van der Waals surface area contributed by atoms with Crippen LogP contribution in [0, 0.1) is 17.6 Å². The Morgan fingerprint density at radius 2 is 1.83 bits per heavy atom. The van der Waals surface area contributed by atoms with Gasteiger partial charge in [0.15, 0.2) is 17.5 Å². The number of piperidine rings is 1. The summed E-state index contributed by atoms with van der Waals surface area (Å²) < 4.78 is 65.0. The number of rotatable bonds is 10. The first kappa shape index (κ1) is 33.5. The number of anilines is 4. The maximum absolute atomic E-state index is 15.2. The van der Waals surface area contributed by atoms with Gasteiger partial charge in [-0.05, 0) is 45.9 Å². The molecule has 4 aromatic rings. The zero-order valence-corrected chi connectivity index (χ0v) is 27.7. The first-order valence-electron chi connectivity index (χ1n) is 15.9. The van der Waals surface area contributed by atoms with Gasteiger partial charge >= 0.3 is 0 Å². The van der Waals surface area contributed by atoms with Crippen LogP contribution in [0.25, 0.3) is 11.1 Å². The Morgan fingerprint density at radius 3 is 2.52 bits per heavy atom. The van der Waals surface area contributed by atoms with Gasteiger partial charge in [0.25, 0.3) is 0 Å². The highest BCUT2D eigenvalue weighted by atomic mass is 19.2. The van der Waals surface area contributed by atoms with Crippen molar-refractivity contribution < 1.29 is 27.1 Å². The minimum absolute atomic E-state index is 0.169. The van der Waals surface area contributed by atoms with Crippen LogP contribution in [0.15, 0.2) is 48.9 Å². The predicted molar refractivity (Wildman–Crippen MR) is 176 cm³/mol. The minimum Gasteiger partial charge on any atom is -0.494 e. The van der Waals surface area contributed by atoms with Gasteiger partial charge in [-0.25, -0.2) is 28.2 Å². The van der Waals surface area contributed by atoms with Crippen LogP contribution >= 0.6 is 0 Å². The van der Waals surface area contributed by atoms with E-state index in [1.165, 1.54) is 28.2 Å². The SMILES string of the molecule is COc1cc(N2CCC(N(C)C(C)(C)CF)CC2)c(-c2cn(C)nc2F)cc1Nc1cc(N2OCC[C@@H]2c2cccc(F)c2F)ncn1. The monoisotopic (exact) mass is 668 g/mol. The first-order chi connectivity index (χ1) is 23.0. The Balaban J connectivity index is 1.31. The van der Waals surface area contributed by atoms with E-state index in [0.717, 1.165) is 24.6 Å². The average Bonchev–Trinajstić information content (AvgIpc) is 3.71. The molecule has 10 nitrogen and oxygen atoms in total. The smallest absolute Gasteiger partial charge is 0.240 e. The van der Waals surface area contributed by atoms with Crippen LogP contribution in [0.3, 0.4) is 0 Å². The van der Waals surface area contributed by atoms with Crippen molar-refractivity contribution in [2.24, 2.45) is 7.05 Å². The number of methoxy groups -OCH3 is 1. The van der Waals surface area contributed by atoms with Crippen LogP contribution in [-0.2, 0) is 11.9 Å². The molecule has 0 bridgehead atoms. The number of hydrogen-bond donors (Lipinski definition) is 1. The van der Waals surface area contributed by atoms with Gasteiger partial charge in [0.05, 0.1) is 31.0 Å². The molecule has 2 aromatic carbocycles. The molecular weight excluding hydrogens is 628 g/mol. The zero-order valence-electron chi connectivity index (χ0n) is 27.7. The molecule has 0 spiro atoms. The summed E-state index contributed by atoms with van der Waals surface area (Å²) in [4.78, 5) is 18.8. The molecule has 0 amide bonds. The maximum atomic E-state index is 15.2. The second-order valence-corrected chi connectivity index (χ2v) is 12.8. The molecule has 2 aromatic heterocycles. The Hall–Kier alpha value is -4.43. The predicted octanol–water partition coefficient (Wildman–Crippen LogP) is 6.58. The van der Waals surface area contributed by atoms with Crippen molar-refractivity contribution >= 4 is 23.0 Å². The largest absolute Gasteiger partial charge is 0.494 e. The lowest BCUT2D eigenvalue weighted by Gasteiger charge is -2.44. The molecule has 48 heavy (non-hydrogen) atoms. The van der Waals surface area contributed by atoms with Gasteiger partial charge < -0.3 is 15.0 Å². The third-order valence-corrected chi connectivity index (χ3v) is 9.41. The van der Waals surface area contributed by atoms with E-state index in [4.69, 9.17) is 9.57 Å². The van der Waals surface area contributed by atoms with Gasteiger partial charge in [0.1, 0.15) is 24.6 Å². The molecular formula is C34H40F4N8O2. The zero-order chi connectivity index (χ0) is 34.2. The van der Waals surface area contributed by atoms with Crippen LogP contribution in [0.4, 0.5) is 40.6 Å². The molecule has 6 rings (SSSR count). The van der Waals surface area contributed by atoms with Crippen molar-refractivity contribution in [3.63, 3.8) is 0 Å². The number of aryl methyl sites for hydroxylation is 1. The fourth-order valence-electron chi connectivity index (χ4n) is 6.47. The number of alkyl halides is 1. The van der Waals surface area contributed by atoms with Gasteiger partial charge in [-0.15, -0.1) is 5.10 Å². The van der Waals surface area contributed by atoms with E-state index in [-0.39, 0.29) is 11.6 Å². The number of nitrogens with zero attached hydrogens (tertiary/aromatic N) is 7. The van der Waals surface area contributed by atoms with Crippen molar-refractivity contribution in [1.29, 1.82) is 0 Å². The van der Waals surface area contributed by atoms with Crippen molar-refractivity contribution in [2.75, 3.05) is 55.8 Å². The van der Waals surface area contributed by atoms with Gasteiger partial charge in [0, 0.05) is 73.3 Å². The van der Waals surface area contributed by atoms with E-state index < -0.39 is 35.8 Å². The first-order valence-corrected chi connectivity index (χ1v) is 15.9. The standard InChI is InChI=1S/C34H40F4N8O2/c1-34(2,19-35)44(4)21-9-12-45(13-10-21)28-16-29(47-5)26(15-23(28)24-18-43(3)42-33(24)38)41-30-17-31(40-20-39-30)46-27(11-14-48-46)22-7-6-8-25(36)32(22)37/h6-8,15-18,20-21,27H,9-14,19H2,1-5H3,(H,39,40,41)/t27-/m1/s1. The molecule has 14 heteroatoms. The summed E-state index contributed by atoms with van der Waals surface area (Å²) in [6.45, 7) is 5.02. The van der Waals surface area contributed by atoms with Crippen molar-refractivity contribution in [1.82, 2.24) is 24.6 Å². The molecule has 256 valence electrons. The summed E-state index contributed by atoms with van der Waals surface area (Å²) in [6.07, 6.45) is 5.02. The molecule has 0 unspecified atom stereocenters. The van der Waals surface area contributed by atoms with Gasteiger partial charge in [-0.1, -0.05) is 12.1 Å². The Labute approximate surface area is 277 Å². The number of nitrogens with one attached hydrogen (secondary N) is 1. The fourth-order valence-corrected chi connectivity index (χ4v) is 6.47. The molecule has 0 aliphatic carbocycles. The molecule has 2 aliphatic rings. The highest BCUT2D eigenvalue weighted by Gasteiger charge is 2.34. The van der Waals surface area contributed by atoms with E-state index in [2.05, 4.69) is 30.2 Å². The second kappa shape index (κ2) is 13.6. The number of aromatic nitrogens is 4. The van der Waals surface area contributed by atoms with Crippen LogP contribution < -0.4 is 20.0 Å². The fraction of sp³-hybridized carbons (Fsp3) is 0.441. The third-order valence-electron chi connectivity index (χ3n) is 9.41. The number of hydroxylamine groups is 1. The van der Waals surface area contributed by atoms with Crippen LogP contribution in [-0.4, -0.2) is 76.8 Å². The van der Waals surface area contributed by atoms with Gasteiger partial charge in [0.2, 0.25) is 5.95 Å². The van der Waals surface area contributed by atoms with Crippen LogP contribution in [0.2, 0.25) is 0 Å². The lowest BCUT2D eigenvalue weighted by atomic mass is 9.95. The summed E-state index contributed by atoms with van der Waals surface area (Å²) in [7, 11) is 5.18. The van der Waals surface area contributed by atoms with Crippen molar-refractivity contribution in [3.05, 3.63) is 72.1 Å². The summed E-state index contributed by atoms with van der Waals surface area (Å²) in [5.74, 6) is -1.26. The minimum atomic E-state index is -0.932. The van der Waals surface area contributed by atoms with E-state index in [1.807, 2.05) is 27.0 Å². The number of hydrogen-bond acceptors (Lipinski definition) is 9. The summed E-state index contributed by atoms with van der Waals surface area (Å²) in [6, 6.07) is 8.99. The van der Waals surface area contributed by atoms with Gasteiger partial charge in [-0.3, -0.25) is 14.4 Å². The van der Waals surface area contributed by atoms with Crippen LogP contribution in [0.5, 0.6) is 5.75 Å². The molecule has 0 radical (unpaired) electrons. The lowest BCUT2D eigenvalue weighted by molar-refractivity contribution is 0.0644. The van der Waals surface area contributed by atoms with Crippen molar-refractivity contribution in [3.8, 4) is 16.9 Å². The molecule has 1 atom stereocenters. The van der Waals surface area contributed by atoms with E-state index in [1.54, 1.807) is 32.5 Å². The summed E-state index contributed by atoms with van der Waals surface area (Å²) in [5, 5.41) is 8.68. The average molecular weight is 669 g/mol. The maximum Gasteiger partial charge on any atom is 0.240 e. The molecule has 2 aliphatic heterocycles. The molecule has 0 saturated carbocycles. The Kier molecular flexibility index (Phi) is 9.48. The highest BCUT2D eigenvalue weighted by molar-refractivity contribution is 5.86.